The quantitative estimate of drug-likeness (QED) is 0.927. The number of nitrogens with zero attached hydrogens (tertiary/aromatic N) is 1. The lowest BCUT2D eigenvalue weighted by molar-refractivity contribution is 0.0778. The largest absolute Gasteiger partial charge is 0.497 e. The van der Waals surface area contributed by atoms with Crippen molar-refractivity contribution in [3.05, 3.63) is 23.1 Å². The van der Waals surface area contributed by atoms with Gasteiger partial charge in [-0.1, -0.05) is 0 Å². The monoisotopic (exact) mass is 308 g/mol. The molecular formula is C14H16N2O2S2. The summed E-state index contributed by atoms with van der Waals surface area (Å²) in [6.07, 6.45) is 0. The molecule has 1 aliphatic heterocycles. The van der Waals surface area contributed by atoms with Gasteiger partial charge in [0.1, 0.15) is 10.6 Å². The van der Waals surface area contributed by atoms with E-state index in [1.807, 2.05) is 34.9 Å². The molecule has 3 rings (SSSR count). The molecule has 0 radical (unpaired) electrons. The number of amides is 1. The van der Waals surface area contributed by atoms with Gasteiger partial charge < -0.3 is 15.4 Å². The summed E-state index contributed by atoms with van der Waals surface area (Å²) < 4.78 is 6.21. The van der Waals surface area contributed by atoms with Crippen LogP contribution in [-0.2, 0) is 0 Å². The number of fused-ring (bicyclic) bond motifs is 1. The number of thioether (sulfide) groups is 1. The average Bonchev–Trinajstić information content (AvgIpc) is 2.84. The van der Waals surface area contributed by atoms with Crippen molar-refractivity contribution in [2.45, 2.75) is 0 Å². The number of ether oxygens (including phenoxy) is 1. The minimum absolute atomic E-state index is 0.0583. The van der Waals surface area contributed by atoms with Gasteiger partial charge in [-0.25, -0.2) is 0 Å². The van der Waals surface area contributed by atoms with Crippen molar-refractivity contribution in [1.82, 2.24) is 4.90 Å². The lowest BCUT2D eigenvalue weighted by Crippen LogP contribution is -2.37. The first-order chi connectivity index (χ1) is 9.70. The highest BCUT2D eigenvalue weighted by molar-refractivity contribution is 7.99. The molecule has 1 aromatic heterocycles. The topological polar surface area (TPSA) is 55.6 Å². The standard InChI is InChI=1S/C14H16N2O2S2/c1-18-9-2-3-10-11(8-9)20-13(12(10)15)14(17)16-4-6-19-7-5-16/h2-3,8H,4-7,15H2,1H3. The summed E-state index contributed by atoms with van der Waals surface area (Å²) in [5, 5.41) is 0.936. The molecule has 106 valence electrons. The summed E-state index contributed by atoms with van der Waals surface area (Å²) in [6, 6.07) is 5.72. The predicted molar refractivity (Wildman–Crippen MR) is 86.0 cm³/mol. The Kier molecular flexibility index (Phi) is 3.76. The fourth-order valence-corrected chi connectivity index (χ4v) is 4.32. The summed E-state index contributed by atoms with van der Waals surface area (Å²) in [7, 11) is 1.63. The molecule has 0 unspecified atom stereocenters. The van der Waals surface area contributed by atoms with Crippen molar-refractivity contribution in [2.24, 2.45) is 0 Å². The summed E-state index contributed by atoms with van der Waals surface area (Å²) >= 11 is 3.34. The Hall–Kier alpha value is -1.40. The van der Waals surface area contributed by atoms with Gasteiger partial charge in [-0.2, -0.15) is 11.8 Å². The van der Waals surface area contributed by atoms with Crippen LogP contribution in [-0.4, -0.2) is 42.5 Å². The zero-order valence-electron chi connectivity index (χ0n) is 11.2. The van der Waals surface area contributed by atoms with E-state index in [4.69, 9.17) is 10.5 Å². The number of methoxy groups -OCH3 is 1. The fraction of sp³-hybridized carbons (Fsp3) is 0.357. The van der Waals surface area contributed by atoms with Gasteiger partial charge in [0.2, 0.25) is 0 Å². The second kappa shape index (κ2) is 5.54. The van der Waals surface area contributed by atoms with Gasteiger partial charge in [0.15, 0.2) is 0 Å². The van der Waals surface area contributed by atoms with Crippen molar-refractivity contribution in [3.63, 3.8) is 0 Å². The van der Waals surface area contributed by atoms with E-state index in [-0.39, 0.29) is 5.91 Å². The lowest BCUT2D eigenvalue weighted by atomic mass is 10.2. The first-order valence-electron chi connectivity index (χ1n) is 6.43. The van der Waals surface area contributed by atoms with Crippen LogP contribution in [0.1, 0.15) is 9.67 Å². The first-order valence-corrected chi connectivity index (χ1v) is 8.41. The molecule has 0 saturated carbocycles. The minimum atomic E-state index is 0.0583. The van der Waals surface area contributed by atoms with Gasteiger partial charge in [0.25, 0.3) is 5.91 Å². The SMILES string of the molecule is COc1ccc2c(N)c(C(=O)N3CCSCC3)sc2c1. The molecule has 1 aromatic carbocycles. The second-order valence-electron chi connectivity index (χ2n) is 4.61. The van der Waals surface area contributed by atoms with Crippen molar-refractivity contribution < 1.29 is 9.53 Å². The van der Waals surface area contributed by atoms with E-state index in [0.29, 0.717) is 10.6 Å². The number of nitrogens with two attached hydrogens (primary N) is 1. The van der Waals surface area contributed by atoms with E-state index in [1.165, 1.54) is 11.3 Å². The van der Waals surface area contributed by atoms with Gasteiger partial charge in [0, 0.05) is 34.7 Å². The van der Waals surface area contributed by atoms with Crippen LogP contribution in [0.3, 0.4) is 0 Å². The Bertz CT molecular complexity index is 648. The summed E-state index contributed by atoms with van der Waals surface area (Å²) in [4.78, 5) is 15.1. The maximum Gasteiger partial charge on any atom is 0.266 e. The Balaban J connectivity index is 1.98. The second-order valence-corrected chi connectivity index (χ2v) is 6.89. The van der Waals surface area contributed by atoms with Crippen LogP contribution in [0.4, 0.5) is 5.69 Å². The zero-order chi connectivity index (χ0) is 14.1. The maximum atomic E-state index is 12.6. The molecule has 20 heavy (non-hydrogen) atoms. The number of hydrogen-bond donors (Lipinski definition) is 1. The van der Waals surface area contributed by atoms with Crippen LogP contribution in [0.15, 0.2) is 18.2 Å². The molecule has 1 amide bonds. The molecule has 0 bridgehead atoms. The van der Waals surface area contributed by atoms with E-state index in [1.54, 1.807) is 7.11 Å². The molecule has 6 heteroatoms. The van der Waals surface area contributed by atoms with Crippen molar-refractivity contribution in [2.75, 3.05) is 37.4 Å². The van der Waals surface area contributed by atoms with E-state index in [2.05, 4.69) is 0 Å². The van der Waals surface area contributed by atoms with Gasteiger partial charge in [-0.15, -0.1) is 11.3 Å². The van der Waals surface area contributed by atoms with Gasteiger partial charge in [0.05, 0.1) is 12.8 Å². The average molecular weight is 308 g/mol. The first kappa shape index (κ1) is 13.6. The highest BCUT2D eigenvalue weighted by Crippen LogP contribution is 2.36. The number of thiophene rings is 1. The third-order valence-corrected chi connectivity index (χ3v) is 5.53. The van der Waals surface area contributed by atoms with Crippen molar-refractivity contribution in [3.8, 4) is 5.75 Å². The summed E-state index contributed by atoms with van der Waals surface area (Å²) in [6.45, 7) is 1.61. The van der Waals surface area contributed by atoms with Gasteiger partial charge in [-0.3, -0.25) is 4.79 Å². The Labute approximate surface area is 125 Å². The smallest absolute Gasteiger partial charge is 0.266 e. The van der Waals surface area contributed by atoms with Crippen molar-refractivity contribution >= 4 is 44.8 Å². The van der Waals surface area contributed by atoms with E-state index in [9.17, 15) is 4.79 Å². The normalized spacial score (nSPS) is 15.6. The Morgan fingerprint density at radius 3 is 2.80 bits per heavy atom. The number of nitrogen functional groups attached to an aromatic ring is 1. The molecular weight excluding hydrogens is 292 g/mol. The molecule has 4 nitrogen and oxygen atoms in total. The van der Waals surface area contributed by atoms with Crippen LogP contribution in [0, 0.1) is 0 Å². The molecule has 2 N–H and O–H groups in total. The molecule has 2 heterocycles. The van der Waals surface area contributed by atoms with E-state index < -0.39 is 0 Å². The lowest BCUT2D eigenvalue weighted by Gasteiger charge is -2.26. The number of hydrogen-bond acceptors (Lipinski definition) is 5. The van der Waals surface area contributed by atoms with Crippen LogP contribution < -0.4 is 10.5 Å². The molecule has 0 aliphatic carbocycles. The van der Waals surface area contributed by atoms with Crippen LogP contribution >= 0.6 is 23.1 Å². The summed E-state index contributed by atoms with van der Waals surface area (Å²) in [5.74, 6) is 2.85. The molecule has 2 aromatic rings. The minimum Gasteiger partial charge on any atom is -0.497 e. The molecule has 1 aliphatic rings. The van der Waals surface area contributed by atoms with Crippen LogP contribution in [0.5, 0.6) is 5.75 Å². The maximum absolute atomic E-state index is 12.6. The van der Waals surface area contributed by atoms with Gasteiger partial charge >= 0.3 is 0 Å². The molecule has 0 spiro atoms. The van der Waals surface area contributed by atoms with Gasteiger partial charge in [-0.05, 0) is 18.2 Å². The van der Waals surface area contributed by atoms with E-state index >= 15 is 0 Å². The number of rotatable bonds is 2. The molecule has 1 fully saturated rings. The third-order valence-electron chi connectivity index (χ3n) is 3.43. The van der Waals surface area contributed by atoms with E-state index in [0.717, 1.165) is 40.4 Å². The molecule has 0 atom stereocenters. The predicted octanol–water partition coefficient (Wildman–Crippen LogP) is 2.68. The number of carbonyl (C=O) groups is 1. The highest BCUT2D eigenvalue weighted by atomic mass is 32.2. The Morgan fingerprint density at radius 1 is 1.35 bits per heavy atom. The third kappa shape index (κ3) is 2.33. The van der Waals surface area contributed by atoms with Crippen LogP contribution in [0.2, 0.25) is 0 Å². The Morgan fingerprint density at radius 2 is 2.10 bits per heavy atom. The fourth-order valence-electron chi connectivity index (χ4n) is 2.29. The molecule has 1 saturated heterocycles. The zero-order valence-corrected chi connectivity index (χ0v) is 12.9. The highest BCUT2D eigenvalue weighted by Gasteiger charge is 2.23. The summed E-state index contributed by atoms with van der Waals surface area (Å²) in [5.41, 5.74) is 6.75. The number of benzene rings is 1. The van der Waals surface area contributed by atoms with Crippen molar-refractivity contribution in [1.29, 1.82) is 0 Å². The number of carbonyl (C=O) groups excluding carboxylic acids is 1. The number of anilines is 1. The van der Waals surface area contributed by atoms with Crippen LogP contribution in [0.25, 0.3) is 10.1 Å².